The standard InChI is InChI=1S/C48H96O4/c1-3-5-7-9-10-11-12-13-14-15-16-17-18-19-20-21-22-23-24-25-26-27-28-32-35-39-43-47(50)45-52-48(51)44-40-36-33-30-29-31-34-38-42-46(49)41-37-8-6-4-2/h46-47,49-50H,3-45H2,1-2H3/t46-,47+/m0/s1. The highest BCUT2D eigenvalue weighted by Gasteiger charge is 2.09. The van der Waals surface area contributed by atoms with Gasteiger partial charge in [0.05, 0.1) is 12.2 Å². The molecule has 0 fully saturated rings. The van der Waals surface area contributed by atoms with Gasteiger partial charge in [0.15, 0.2) is 0 Å². The molecule has 2 atom stereocenters. The summed E-state index contributed by atoms with van der Waals surface area (Å²) < 4.78 is 5.33. The van der Waals surface area contributed by atoms with Gasteiger partial charge in [-0.15, -0.1) is 0 Å². The van der Waals surface area contributed by atoms with Crippen molar-refractivity contribution < 1.29 is 19.7 Å². The lowest BCUT2D eigenvalue weighted by atomic mass is 10.0. The molecule has 0 aliphatic heterocycles. The summed E-state index contributed by atoms with van der Waals surface area (Å²) in [4.78, 5) is 12.0. The smallest absolute Gasteiger partial charge is 0.305 e. The number of hydrogen-bond donors (Lipinski definition) is 2. The van der Waals surface area contributed by atoms with Crippen LogP contribution in [0.2, 0.25) is 0 Å². The van der Waals surface area contributed by atoms with Crippen molar-refractivity contribution in [1.29, 1.82) is 0 Å². The molecule has 0 saturated carbocycles. The minimum absolute atomic E-state index is 0.0968. The van der Waals surface area contributed by atoms with Gasteiger partial charge in [-0.3, -0.25) is 4.79 Å². The predicted octanol–water partition coefficient (Wildman–Crippen LogP) is 15.7. The molecule has 0 heterocycles. The number of aliphatic hydroxyl groups is 2. The van der Waals surface area contributed by atoms with Crippen LogP contribution in [0.3, 0.4) is 0 Å². The third-order valence-corrected chi connectivity index (χ3v) is 11.4. The summed E-state index contributed by atoms with van der Waals surface area (Å²) in [6.45, 7) is 4.68. The Balaban J connectivity index is 3.26. The van der Waals surface area contributed by atoms with Crippen LogP contribution in [0.5, 0.6) is 0 Å². The number of ether oxygens (including phenoxy) is 1. The first-order valence-corrected chi connectivity index (χ1v) is 24.1. The maximum atomic E-state index is 12.0. The normalized spacial score (nSPS) is 12.8. The largest absolute Gasteiger partial charge is 0.463 e. The zero-order valence-corrected chi connectivity index (χ0v) is 35.8. The quantitative estimate of drug-likeness (QED) is 0.0482. The third kappa shape index (κ3) is 43.8. The molecule has 4 heteroatoms. The Morgan fingerprint density at radius 3 is 0.885 bits per heavy atom. The van der Waals surface area contributed by atoms with Crippen LogP contribution in [0.15, 0.2) is 0 Å². The van der Waals surface area contributed by atoms with Gasteiger partial charge in [0.2, 0.25) is 0 Å². The van der Waals surface area contributed by atoms with Crippen LogP contribution in [-0.2, 0) is 9.53 Å². The van der Waals surface area contributed by atoms with Gasteiger partial charge in [0, 0.05) is 6.42 Å². The SMILES string of the molecule is CCCCCCCCCCCCCCCCCCCCCCCCCCCC[C@@H](O)COC(=O)CCCCCCCCCC[C@@H](O)CCCCCC. The highest BCUT2D eigenvalue weighted by molar-refractivity contribution is 5.69. The third-order valence-electron chi connectivity index (χ3n) is 11.4. The van der Waals surface area contributed by atoms with Crippen molar-refractivity contribution >= 4 is 5.97 Å². The lowest BCUT2D eigenvalue weighted by Gasteiger charge is -2.11. The molecule has 0 aromatic heterocycles. The average Bonchev–Trinajstić information content (AvgIpc) is 3.14. The van der Waals surface area contributed by atoms with E-state index in [1.807, 2.05) is 0 Å². The number of aliphatic hydroxyl groups excluding tert-OH is 2. The molecule has 0 aromatic rings. The summed E-state index contributed by atoms with van der Waals surface area (Å²) in [6.07, 6.45) is 53.1. The number of esters is 1. The Bertz CT molecular complexity index is 667. The molecular formula is C48H96O4. The van der Waals surface area contributed by atoms with Gasteiger partial charge in [-0.05, 0) is 25.7 Å². The number of carbonyl (C=O) groups is 1. The molecule has 52 heavy (non-hydrogen) atoms. The topological polar surface area (TPSA) is 66.8 Å². The zero-order valence-electron chi connectivity index (χ0n) is 35.8. The number of hydrogen-bond acceptors (Lipinski definition) is 4. The Morgan fingerprint density at radius 1 is 0.346 bits per heavy atom. The summed E-state index contributed by atoms with van der Waals surface area (Å²) in [5.41, 5.74) is 0. The lowest BCUT2D eigenvalue weighted by Crippen LogP contribution is -2.18. The van der Waals surface area contributed by atoms with E-state index < -0.39 is 6.10 Å². The maximum absolute atomic E-state index is 12.0. The van der Waals surface area contributed by atoms with Gasteiger partial charge in [0.25, 0.3) is 0 Å². The van der Waals surface area contributed by atoms with Crippen LogP contribution < -0.4 is 0 Å². The fourth-order valence-electron chi connectivity index (χ4n) is 7.70. The van der Waals surface area contributed by atoms with Gasteiger partial charge in [0.1, 0.15) is 6.61 Å². The van der Waals surface area contributed by atoms with E-state index in [4.69, 9.17) is 4.74 Å². The van der Waals surface area contributed by atoms with Gasteiger partial charge in [-0.2, -0.15) is 0 Å². The lowest BCUT2D eigenvalue weighted by molar-refractivity contribution is -0.146. The fraction of sp³-hybridized carbons (Fsp3) is 0.979. The summed E-state index contributed by atoms with van der Waals surface area (Å²) in [6, 6.07) is 0. The molecule has 0 aliphatic carbocycles. The average molecular weight is 737 g/mol. The van der Waals surface area contributed by atoms with E-state index in [-0.39, 0.29) is 18.7 Å². The van der Waals surface area contributed by atoms with Crippen LogP contribution in [-0.4, -0.2) is 35.0 Å². The number of unbranched alkanes of at least 4 members (excludes halogenated alkanes) is 35. The summed E-state index contributed by atoms with van der Waals surface area (Å²) in [5.74, 6) is -0.155. The van der Waals surface area contributed by atoms with Crippen LogP contribution in [0.25, 0.3) is 0 Å². The van der Waals surface area contributed by atoms with E-state index in [9.17, 15) is 15.0 Å². The van der Waals surface area contributed by atoms with Crippen molar-refractivity contribution in [2.45, 2.75) is 296 Å². The van der Waals surface area contributed by atoms with Gasteiger partial charge < -0.3 is 14.9 Å². The molecular weight excluding hydrogens is 641 g/mol. The van der Waals surface area contributed by atoms with Crippen LogP contribution in [0.1, 0.15) is 284 Å². The number of carbonyl (C=O) groups excluding carboxylic acids is 1. The molecule has 0 aromatic carbocycles. The molecule has 0 rings (SSSR count). The maximum Gasteiger partial charge on any atom is 0.305 e. The highest BCUT2D eigenvalue weighted by Crippen LogP contribution is 2.18. The Kier molecular flexibility index (Phi) is 44.3. The molecule has 0 radical (unpaired) electrons. The van der Waals surface area contributed by atoms with Crippen molar-refractivity contribution in [2.24, 2.45) is 0 Å². The van der Waals surface area contributed by atoms with Gasteiger partial charge in [-0.1, -0.05) is 251 Å². The number of rotatable bonds is 45. The second kappa shape index (κ2) is 44.8. The molecule has 0 unspecified atom stereocenters. The van der Waals surface area contributed by atoms with Crippen molar-refractivity contribution in [3.8, 4) is 0 Å². The fourth-order valence-corrected chi connectivity index (χ4v) is 7.70. The van der Waals surface area contributed by atoms with Gasteiger partial charge in [-0.25, -0.2) is 0 Å². The van der Waals surface area contributed by atoms with Crippen LogP contribution in [0, 0.1) is 0 Å². The second-order valence-electron chi connectivity index (χ2n) is 16.8. The molecule has 0 spiro atoms. The zero-order chi connectivity index (χ0) is 37.8. The van der Waals surface area contributed by atoms with Crippen molar-refractivity contribution in [1.82, 2.24) is 0 Å². The monoisotopic (exact) mass is 737 g/mol. The molecule has 2 N–H and O–H groups in total. The van der Waals surface area contributed by atoms with E-state index in [1.54, 1.807) is 0 Å². The second-order valence-corrected chi connectivity index (χ2v) is 16.8. The van der Waals surface area contributed by atoms with Crippen molar-refractivity contribution in [2.75, 3.05) is 6.61 Å². The summed E-state index contributed by atoms with van der Waals surface area (Å²) >= 11 is 0. The highest BCUT2D eigenvalue weighted by atomic mass is 16.5. The van der Waals surface area contributed by atoms with Gasteiger partial charge >= 0.3 is 5.97 Å². The molecule has 0 aliphatic rings. The molecule has 312 valence electrons. The summed E-state index contributed by atoms with van der Waals surface area (Å²) in [7, 11) is 0. The Labute approximate surface area is 327 Å². The van der Waals surface area contributed by atoms with Crippen LogP contribution >= 0.6 is 0 Å². The summed E-state index contributed by atoms with van der Waals surface area (Å²) in [5, 5.41) is 20.3. The van der Waals surface area contributed by atoms with E-state index in [1.165, 1.54) is 218 Å². The first-order chi connectivity index (χ1) is 25.6. The first-order valence-electron chi connectivity index (χ1n) is 24.1. The van der Waals surface area contributed by atoms with E-state index in [2.05, 4.69) is 13.8 Å². The van der Waals surface area contributed by atoms with E-state index >= 15 is 0 Å². The van der Waals surface area contributed by atoms with Crippen molar-refractivity contribution in [3.05, 3.63) is 0 Å². The molecule has 0 amide bonds. The first kappa shape index (κ1) is 51.4. The minimum Gasteiger partial charge on any atom is -0.463 e. The molecule has 0 bridgehead atoms. The Morgan fingerprint density at radius 2 is 0.577 bits per heavy atom. The van der Waals surface area contributed by atoms with E-state index in [0.29, 0.717) is 6.42 Å². The molecule has 0 saturated heterocycles. The predicted molar refractivity (Wildman–Crippen MR) is 228 cm³/mol. The van der Waals surface area contributed by atoms with E-state index in [0.717, 1.165) is 44.9 Å². The van der Waals surface area contributed by atoms with Crippen molar-refractivity contribution in [3.63, 3.8) is 0 Å². The Hall–Kier alpha value is -0.610. The minimum atomic E-state index is -0.513. The van der Waals surface area contributed by atoms with Crippen LogP contribution in [0.4, 0.5) is 0 Å². The molecule has 4 nitrogen and oxygen atoms in total.